The second kappa shape index (κ2) is 6.00. The van der Waals surface area contributed by atoms with Crippen LogP contribution in [0.4, 0.5) is 24.5 Å². The summed E-state index contributed by atoms with van der Waals surface area (Å²) in [5.74, 6) is -0.579. The molecule has 0 radical (unpaired) electrons. The van der Waals surface area contributed by atoms with Crippen LogP contribution >= 0.6 is 0 Å². The van der Waals surface area contributed by atoms with E-state index >= 15 is 0 Å². The van der Waals surface area contributed by atoms with Crippen molar-refractivity contribution in [1.82, 2.24) is 0 Å². The summed E-state index contributed by atoms with van der Waals surface area (Å²) >= 11 is 0. The third-order valence-electron chi connectivity index (χ3n) is 2.85. The molecule has 0 heterocycles. The van der Waals surface area contributed by atoms with E-state index in [9.17, 15) is 31.7 Å². The van der Waals surface area contributed by atoms with E-state index in [-0.39, 0.29) is 5.69 Å². The van der Waals surface area contributed by atoms with Gasteiger partial charge in [0.2, 0.25) is 0 Å². The first-order valence-electron chi connectivity index (χ1n) is 6.16. The Morgan fingerprint density at radius 2 is 1.79 bits per heavy atom. The number of benzene rings is 2. The fraction of sp³-hybridized carbons (Fsp3) is 0.0769. The van der Waals surface area contributed by atoms with Gasteiger partial charge in [-0.05, 0) is 30.3 Å². The van der Waals surface area contributed by atoms with E-state index in [0.717, 1.165) is 30.3 Å². The van der Waals surface area contributed by atoms with Gasteiger partial charge in [-0.25, -0.2) is 0 Å². The number of alkyl halides is 3. The van der Waals surface area contributed by atoms with Gasteiger partial charge < -0.3 is 9.92 Å². The van der Waals surface area contributed by atoms with Crippen LogP contribution in [-0.2, 0) is 16.3 Å². The van der Waals surface area contributed by atoms with Crippen LogP contribution in [-0.4, -0.2) is 13.3 Å². The summed E-state index contributed by atoms with van der Waals surface area (Å²) in [4.78, 5) is 9.28. The van der Waals surface area contributed by atoms with Crippen molar-refractivity contribution in [2.75, 3.05) is 5.73 Å². The molecule has 24 heavy (non-hydrogen) atoms. The van der Waals surface area contributed by atoms with Crippen LogP contribution in [0.1, 0.15) is 5.56 Å². The maximum Gasteiger partial charge on any atom is 0.416 e. The molecule has 2 aromatic rings. The quantitative estimate of drug-likeness (QED) is 0.387. The molecule has 0 bridgehead atoms. The standard InChI is InChI=1S/C13H9F3N2O5S/c14-13(15,16)8-2-1-3-9(6-8)23-24(21,22)10-4-5-11(17)12(7-10)18(19)20/h1-7H,17H2. The van der Waals surface area contributed by atoms with Gasteiger partial charge in [-0.2, -0.15) is 21.6 Å². The lowest BCUT2D eigenvalue weighted by Gasteiger charge is -2.10. The SMILES string of the molecule is Nc1ccc(S(=O)(=O)Oc2cccc(C(F)(F)F)c2)cc1[N+](=O)[O-]. The van der Waals surface area contributed by atoms with Gasteiger partial charge in [0, 0.05) is 6.07 Å². The van der Waals surface area contributed by atoms with Crippen molar-refractivity contribution in [2.45, 2.75) is 11.1 Å². The van der Waals surface area contributed by atoms with Crippen molar-refractivity contribution < 1.29 is 30.7 Å². The third-order valence-corrected chi connectivity index (χ3v) is 4.10. The predicted octanol–water partition coefficient (Wildman–Crippen LogP) is 2.96. The minimum Gasteiger partial charge on any atom is -0.393 e. The summed E-state index contributed by atoms with van der Waals surface area (Å²) < 4.78 is 66.6. The normalized spacial score (nSPS) is 12.0. The number of rotatable bonds is 4. The number of hydrogen-bond acceptors (Lipinski definition) is 6. The van der Waals surface area contributed by atoms with Gasteiger partial charge in [0.05, 0.1) is 10.5 Å². The van der Waals surface area contributed by atoms with E-state index < -0.39 is 43.1 Å². The molecule has 0 saturated carbocycles. The van der Waals surface area contributed by atoms with Crippen LogP contribution in [0.25, 0.3) is 0 Å². The van der Waals surface area contributed by atoms with E-state index in [1.165, 1.54) is 0 Å². The minimum absolute atomic E-state index is 0.266. The Morgan fingerprint density at radius 3 is 2.38 bits per heavy atom. The summed E-state index contributed by atoms with van der Waals surface area (Å²) in [6.07, 6.45) is -4.68. The fourth-order valence-corrected chi connectivity index (χ4v) is 2.68. The van der Waals surface area contributed by atoms with E-state index in [4.69, 9.17) is 5.73 Å². The van der Waals surface area contributed by atoms with Gasteiger partial charge in [-0.1, -0.05) is 6.07 Å². The fourth-order valence-electron chi connectivity index (χ4n) is 1.74. The second-order valence-corrected chi connectivity index (χ2v) is 6.09. The Balaban J connectivity index is 2.39. The van der Waals surface area contributed by atoms with Gasteiger partial charge in [0.25, 0.3) is 5.69 Å². The molecule has 2 rings (SSSR count). The van der Waals surface area contributed by atoms with E-state index in [1.807, 2.05) is 0 Å². The molecule has 0 aliphatic heterocycles. The summed E-state index contributed by atoms with van der Waals surface area (Å²) in [5.41, 5.74) is 3.32. The van der Waals surface area contributed by atoms with Gasteiger partial charge in [-0.15, -0.1) is 0 Å². The number of hydrogen-bond donors (Lipinski definition) is 1. The smallest absolute Gasteiger partial charge is 0.393 e. The average Bonchev–Trinajstić information content (AvgIpc) is 2.46. The zero-order chi connectivity index (χ0) is 18.1. The van der Waals surface area contributed by atoms with Crippen LogP contribution in [0.2, 0.25) is 0 Å². The van der Waals surface area contributed by atoms with E-state index in [2.05, 4.69) is 4.18 Å². The van der Waals surface area contributed by atoms with Crippen molar-refractivity contribution >= 4 is 21.5 Å². The highest BCUT2D eigenvalue weighted by Gasteiger charge is 2.31. The molecule has 0 aliphatic rings. The lowest BCUT2D eigenvalue weighted by molar-refractivity contribution is -0.384. The molecule has 128 valence electrons. The number of nitro groups is 1. The maximum atomic E-state index is 12.6. The molecule has 0 atom stereocenters. The van der Waals surface area contributed by atoms with Crippen molar-refractivity contribution in [1.29, 1.82) is 0 Å². The Bertz CT molecular complexity index is 897. The second-order valence-electron chi connectivity index (χ2n) is 4.54. The van der Waals surface area contributed by atoms with Crippen molar-refractivity contribution in [3.05, 3.63) is 58.1 Å². The van der Waals surface area contributed by atoms with Crippen LogP contribution in [0.3, 0.4) is 0 Å². The average molecular weight is 362 g/mol. The minimum atomic E-state index is -4.68. The Kier molecular flexibility index (Phi) is 4.38. The molecule has 0 aromatic heterocycles. The molecule has 0 fully saturated rings. The number of nitro benzene ring substituents is 1. The number of nitrogens with zero attached hydrogens (tertiary/aromatic N) is 1. The first-order chi connectivity index (χ1) is 11.0. The highest BCUT2D eigenvalue weighted by molar-refractivity contribution is 7.87. The molecule has 0 unspecified atom stereocenters. The predicted molar refractivity (Wildman–Crippen MR) is 76.8 cm³/mol. The highest BCUT2D eigenvalue weighted by Crippen LogP contribution is 2.32. The van der Waals surface area contributed by atoms with Crippen molar-refractivity contribution in [3.8, 4) is 5.75 Å². The largest absolute Gasteiger partial charge is 0.416 e. The first kappa shape index (κ1) is 17.5. The first-order valence-corrected chi connectivity index (χ1v) is 7.57. The third kappa shape index (κ3) is 3.74. The number of nitrogens with two attached hydrogens (primary N) is 1. The lowest BCUT2D eigenvalue weighted by Crippen LogP contribution is -2.12. The molecule has 11 heteroatoms. The van der Waals surface area contributed by atoms with Gasteiger partial charge >= 0.3 is 16.3 Å². The van der Waals surface area contributed by atoms with E-state index in [0.29, 0.717) is 12.1 Å². The van der Waals surface area contributed by atoms with Crippen molar-refractivity contribution in [3.63, 3.8) is 0 Å². The monoisotopic (exact) mass is 362 g/mol. The highest BCUT2D eigenvalue weighted by atomic mass is 32.2. The molecule has 2 aromatic carbocycles. The Hall–Kier alpha value is -2.82. The number of anilines is 1. The van der Waals surface area contributed by atoms with Crippen LogP contribution in [0.15, 0.2) is 47.4 Å². The molecule has 2 N–H and O–H groups in total. The molecular formula is C13H9F3N2O5S. The Labute approximate surface area is 133 Å². The molecule has 0 aliphatic carbocycles. The topological polar surface area (TPSA) is 113 Å². The zero-order valence-corrected chi connectivity index (χ0v) is 12.5. The number of nitrogen functional groups attached to an aromatic ring is 1. The summed E-state index contributed by atoms with van der Waals surface area (Å²) in [6.45, 7) is 0. The van der Waals surface area contributed by atoms with Gasteiger partial charge in [-0.3, -0.25) is 10.1 Å². The van der Waals surface area contributed by atoms with E-state index in [1.54, 1.807) is 0 Å². The Morgan fingerprint density at radius 1 is 1.12 bits per heavy atom. The maximum absolute atomic E-state index is 12.6. The molecular weight excluding hydrogens is 353 g/mol. The zero-order valence-electron chi connectivity index (χ0n) is 11.6. The summed E-state index contributed by atoms with van der Waals surface area (Å²) in [7, 11) is -4.58. The summed E-state index contributed by atoms with van der Waals surface area (Å²) in [5, 5.41) is 10.8. The van der Waals surface area contributed by atoms with Crippen LogP contribution in [0, 0.1) is 10.1 Å². The van der Waals surface area contributed by atoms with Crippen LogP contribution in [0.5, 0.6) is 5.75 Å². The molecule has 7 nitrogen and oxygen atoms in total. The molecule has 0 saturated heterocycles. The number of halogens is 3. The van der Waals surface area contributed by atoms with Crippen LogP contribution < -0.4 is 9.92 Å². The lowest BCUT2D eigenvalue weighted by atomic mass is 10.2. The summed E-state index contributed by atoms with van der Waals surface area (Å²) in [6, 6.07) is 5.83. The molecule has 0 spiro atoms. The van der Waals surface area contributed by atoms with Gasteiger partial charge in [0.1, 0.15) is 16.3 Å². The van der Waals surface area contributed by atoms with Crippen molar-refractivity contribution in [2.24, 2.45) is 0 Å². The molecule has 0 amide bonds. The van der Waals surface area contributed by atoms with Gasteiger partial charge in [0.15, 0.2) is 0 Å².